The molecule has 0 saturated heterocycles. The summed E-state index contributed by atoms with van der Waals surface area (Å²) in [6, 6.07) is 0.365. The lowest BCUT2D eigenvalue weighted by Crippen LogP contribution is -2.31. The van der Waals surface area contributed by atoms with Crippen LogP contribution in [0.5, 0.6) is 0 Å². The third-order valence-electron chi connectivity index (χ3n) is 3.98. The van der Waals surface area contributed by atoms with E-state index in [-0.39, 0.29) is 17.2 Å². The van der Waals surface area contributed by atoms with Crippen molar-refractivity contribution in [1.82, 2.24) is 5.32 Å². The van der Waals surface area contributed by atoms with Crippen LogP contribution in [0.1, 0.15) is 39.5 Å². The van der Waals surface area contributed by atoms with Gasteiger partial charge in [0, 0.05) is 18.5 Å². The van der Waals surface area contributed by atoms with Crippen LogP contribution in [-0.4, -0.2) is 18.5 Å². The molecule has 0 aromatic rings. The van der Waals surface area contributed by atoms with Crippen LogP contribution in [0, 0.1) is 17.3 Å². The van der Waals surface area contributed by atoms with E-state index in [0.29, 0.717) is 12.0 Å². The fraction of sp³-hybridized carbons (Fsp3) is 0.917. The van der Waals surface area contributed by atoms with Crippen LogP contribution < -0.4 is 11.1 Å². The number of nitrogens with one attached hydrogen (secondary N) is 1. The van der Waals surface area contributed by atoms with Gasteiger partial charge in [-0.25, -0.2) is 0 Å². The molecule has 0 aromatic carbocycles. The highest BCUT2D eigenvalue weighted by atomic mass is 16.2. The van der Waals surface area contributed by atoms with Crippen LogP contribution in [0.2, 0.25) is 0 Å². The highest BCUT2D eigenvalue weighted by molar-refractivity contribution is 5.82. The first-order valence-corrected chi connectivity index (χ1v) is 6.02. The van der Waals surface area contributed by atoms with Gasteiger partial charge in [0.2, 0.25) is 5.91 Å². The third kappa shape index (κ3) is 2.51. The van der Waals surface area contributed by atoms with Crippen molar-refractivity contribution in [3.63, 3.8) is 0 Å². The Balaban J connectivity index is 1.68. The van der Waals surface area contributed by atoms with E-state index in [1.54, 1.807) is 0 Å². The Kier molecular flexibility index (Phi) is 2.75. The Morgan fingerprint density at radius 2 is 2.13 bits per heavy atom. The van der Waals surface area contributed by atoms with E-state index in [9.17, 15) is 4.79 Å². The zero-order chi connectivity index (χ0) is 11.1. The SMILES string of the molecule is CC1(C)CC1C(=O)NCC1CCC(N)C1. The van der Waals surface area contributed by atoms with Gasteiger partial charge in [0.1, 0.15) is 0 Å². The van der Waals surface area contributed by atoms with E-state index in [4.69, 9.17) is 5.73 Å². The molecule has 0 radical (unpaired) electrons. The Morgan fingerprint density at radius 1 is 1.47 bits per heavy atom. The zero-order valence-corrected chi connectivity index (χ0v) is 9.75. The van der Waals surface area contributed by atoms with E-state index >= 15 is 0 Å². The topological polar surface area (TPSA) is 55.1 Å². The first-order valence-electron chi connectivity index (χ1n) is 6.02. The number of hydrogen-bond donors (Lipinski definition) is 2. The third-order valence-corrected chi connectivity index (χ3v) is 3.98. The number of nitrogens with two attached hydrogens (primary N) is 1. The smallest absolute Gasteiger partial charge is 0.223 e. The molecule has 2 fully saturated rings. The normalized spacial score (nSPS) is 37.7. The fourth-order valence-corrected chi connectivity index (χ4v) is 2.58. The first-order chi connectivity index (χ1) is 6.99. The van der Waals surface area contributed by atoms with Crippen molar-refractivity contribution in [2.24, 2.45) is 23.0 Å². The van der Waals surface area contributed by atoms with Crippen molar-refractivity contribution in [1.29, 1.82) is 0 Å². The summed E-state index contributed by atoms with van der Waals surface area (Å²) in [5.74, 6) is 1.12. The highest BCUT2D eigenvalue weighted by Gasteiger charge is 2.50. The van der Waals surface area contributed by atoms with Gasteiger partial charge in [-0.3, -0.25) is 4.79 Å². The molecule has 0 aromatic heterocycles. The number of amides is 1. The van der Waals surface area contributed by atoms with Crippen LogP contribution in [0.4, 0.5) is 0 Å². The molecule has 86 valence electrons. The standard InChI is InChI=1S/C12H22N2O/c1-12(2)6-10(12)11(15)14-7-8-3-4-9(13)5-8/h8-10H,3-7,13H2,1-2H3,(H,14,15). The zero-order valence-electron chi connectivity index (χ0n) is 9.75. The Bertz CT molecular complexity index is 262. The summed E-state index contributed by atoms with van der Waals surface area (Å²) >= 11 is 0. The van der Waals surface area contributed by atoms with Gasteiger partial charge >= 0.3 is 0 Å². The minimum Gasteiger partial charge on any atom is -0.356 e. The lowest BCUT2D eigenvalue weighted by atomic mass is 10.1. The predicted molar refractivity (Wildman–Crippen MR) is 60.2 cm³/mol. The lowest BCUT2D eigenvalue weighted by Gasteiger charge is -2.11. The van der Waals surface area contributed by atoms with Crippen molar-refractivity contribution in [2.45, 2.75) is 45.6 Å². The minimum atomic E-state index is 0.246. The van der Waals surface area contributed by atoms with E-state index in [0.717, 1.165) is 25.8 Å². The Morgan fingerprint density at radius 3 is 2.60 bits per heavy atom. The van der Waals surface area contributed by atoms with Crippen molar-refractivity contribution >= 4 is 5.91 Å². The molecule has 15 heavy (non-hydrogen) atoms. The van der Waals surface area contributed by atoms with Crippen molar-refractivity contribution in [3.05, 3.63) is 0 Å². The molecule has 0 heterocycles. The second-order valence-corrected chi connectivity index (χ2v) is 5.93. The molecule has 3 nitrogen and oxygen atoms in total. The number of hydrogen-bond acceptors (Lipinski definition) is 2. The summed E-state index contributed by atoms with van der Waals surface area (Å²) in [6.45, 7) is 5.14. The Labute approximate surface area is 91.8 Å². The Hall–Kier alpha value is -0.570. The number of carbonyl (C=O) groups is 1. The average molecular weight is 210 g/mol. The van der Waals surface area contributed by atoms with Crippen LogP contribution in [0.15, 0.2) is 0 Å². The molecule has 3 atom stereocenters. The fourth-order valence-electron chi connectivity index (χ4n) is 2.58. The average Bonchev–Trinajstić information content (AvgIpc) is 2.59. The highest BCUT2D eigenvalue weighted by Crippen LogP contribution is 2.51. The van der Waals surface area contributed by atoms with Crippen LogP contribution in [-0.2, 0) is 4.79 Å². The van der Waals surface area contributed by atoms with Gasteiger partial charge in [-0.2, -0.15) is 0 Å². The van der Waals surface area contributed by atoms with Crippen molar-refractivity contribution in [3.8, 4) is 0 Å². The molecule has 0 spiro atoms. The second kappa shape index (κ2) is 3.78. The van der Waals surface area contributed by atoms with Crippen molar-refractivity contribution < 1.29 is 4.79 Å². The minimum absolute atomic E-state index is 0.246. The second-order valence-electron chi connectivity index (χ2n) is 5.93. The van der Waals surface area contributed by atoms with Gasteiger partial charge in [0.05, 0.1) is 0 Å². The maximum absolute atomic E-state index is 11.7. The maximum atomic E-state index is 11.7. The van der Waals surface area contributed by atoms with Gasteiger partial charge in [-0.05, 0) is 37.0 Å². The number of rotatable bonds is 3. The van der Waals surface area contributed by atoms with Crippen LogP contribution in [0.3, 0.4) is 0 Å². The molecule has 3 N–H and O–H groups in total. The summed E-state index contributed by atoms with van der Waals surface area (Å²) < 4.78 is 0. The predicted octanol–water partition coefficient (Wildman–Crippen LogP) is 1.28. The molecule has 2 aliphatic rings. The summed E-state index contributed by atoms with van der Waals surface area (Å²) in [7, 11) is 0. The van der Waals surface area contributed by atoms with Crippen molar-refractivity contribution in [2.75, 3.05) is 6.54 Å². The molecule has 2 aliphatic carbocycles. The van der Waals surface area contributed by atoms with Gasteiger partial charge in [0.25, 0.3) is 0 Å². The molecule has 3 unspecified atom stereocenters. The molecule has 2 rings (SSSR count). The first kappa shape index (κ1) is 10.9. The lowest BCUT2D eigenvalue weighted by molar-refractivity contribution is -0.123. The van der Waals surface area contributed by atoms with E-state index in [2.05, 4.69) is 19.2 Å². The molecular formula is C12H22N2O. The largest absolute Gasteiger partial charge is 0.356 e. The summed E-state index contributed by atoms with van der Waals surface area (Å²) in [6.07, 6.45) is 4.42. The van der Waals surface area contributed by atoms with Gasteiger partial charge in [0.15, 0.2) is 0 Å². The van der Waals surface area contributed by atoms with Crippen LogP contribution in [0.25, 0.3) is 0 Å². The molecule has 0 aliphatic heterocycles. The van der Waals surface area contributed by atoms with Gasteiger partial charge in [-0.15, -0.1) is 0 Å². The summed E-state index contributed by atoms with van der Waals surface area (Å²) in [5.41, 5.74) is 6.08. The van der Waals surface area contributed by atoms with E-state index < -0.39 is 0 Å². The van der Waals surface area contributed by atoms with Gasteiger partial charge < -0.3 is 11.1 Å². The monoisotopic (exact) mass is 210 g/mol. The molecule has 1 amide bonds. The quantitative estimate of drug-likeness (QED) is 0.737. The van der Waals surface area contributed by atoms with Gasteiger partial charge in [-0.1, -0.05) is 13.8 Å². The molecule has 0 bridgehead atoms. The molecular weight excluding hydrogens is 188 g/mol. The molecule has 2 saturated carbocycles. The summed E-state index contributed by atoms with van der Waals surface area (Å²) in [5, 5.41) is 3.07. The van der Waals surface area contributed by atoms with E-state index in [1.807, 2.05) is 0 Å². The van der Waals surface area contributed by atoms with E-state index in [1.165, 1.54) is 6.42 Å². The molecule has 3 heteroatoms. The number of carbonyl (C=O) groups excluding carboxylic acids is 1. The summed E-state index contributed by atoms with van der Waals surface area (Å²) in [4.78, 5) is 11.7. The maximum Gasteiger partial charge on any atom is 0.223 e. The van der Waals surface area contributed by atoms with Crippen LogP contribution >= 0.6 is 0 Å².